The molecule has 1 fully saturated rings. The highest BCUT2D eigenvalue weighted by Gasteiger charge is 2.20. The second-order valence-electron chi connectivity index (χ2n) is 6.05. The SMILES string of the molecule is CCOCCOCc1cccc(NC(=O)C(C)OCC2CCCO2)c1. The third kappa shape index (κ3) is 7.52. The summed E-state index contributed by atoms with van der Waals surface area (Å²) in [5.74, 6) is -0.160. The van der Waals surface area contributed by atoms with Crippen molar-refractivity contribution in [3.8, 4) is 0 Å². The Morgan fingerprint density at radius 3 is 2.96 bits per heavy atom. The Hall–Kier alpha value is -1.47. The molecule has 1 aromatic carbocycles. The first-order valence-electron chi connectivity index (χ1n) is 8.97. The quantitative estimate of drug-likeness (QED) is 0.621. The van der Waals surface area contributed by atoms with Gasteiger partial charge in [-0.05, 0) is 44.4 Å². The fraction of sp³-hybridized carbons (Fsp3) is 0.632. The van der Waals surface area contributed by atoms with Gasteiger partial charge < -0.3 is 24.3 Å². The van der Waals surface area contributed by atoms with Gasteiger partial charge in [0.25, 0.3) is 5.91 Å². The Kier molecular flexibility index (Phi) is 8.90. The molecule has 0 aromatic heterocycles. The number of hydrogen-bond donors (Lipinski definition) is 1. The number of hydrogen-bond acceptors (Lipinski definition) is 5. The number of carbonyl (C=O) groups is 1. The number of carbonyl (C=O) groups excluding carboxylic acids is 1. The maximum absolute atomic E-state index is 12.2. The van der Waals surface area contributed by atoms with E-state index >= 15 is 0 Å². The molecule has 1 amide bonds. The fourth-order valence-corrected chi connectivity index (χ4v) is 2.54. The van der Waals surface area contributed by atoms with Crippen molar-refractivity contribution in [3.63, 3.8) is 0 Å². The van der Waals surface area contributed by atoms with Crippen LogP contribution in [0.3, 0.4) is 0 Å². The molecule has 2 rings (SSSR count). The molecule has 2 atom stereocenters. The highest BCUT2D eigenvalue weighted by Crippen LogP contribution is 2.15. The van der Waals surface area contributed by atoms with Gasteiger partial charge in [0.2, 0.25) is 0 Å². The standard InChI is InChI=1S/C19H29NO5/c1-3-22-10-11-23-13-16-6-4-7-17(12-16)20-19(21)15(2)25-14-18-8-5-9-24-18/h4,6-7,12,15,18H,3,5,8-11,13-14H2,1-2H3,(H,20,21). The van der Waals surface area contributed by atoms with Crippen LogP contribution in [0.5, 0.6) is 0 Å². The fourth-order valence-electron chi connectivity index (χ4n) is 2.54. The molecule has 25 heavy (non-hydrogen) atoms. The highest BCUT2D eigenvalue weighted by atomic mass is 16.5. The molecule has 0 saturated carbocycles. The topological polar surface area (TPSA) is 66.0 Å². The third-order valence-electron chi connectivity index (χ3n) is 3.96. The molecule has 2 unspecified atom stereocenters. The van der Waals surface area contributed by atoms with Crippen molar-refractivity contribution < 1.29 is 23.7 Å². The van der Waals surface area contributed by atoms with Crippen molar-refractivity contribution in [1.82, 2.24) is 0 Å². The molecule has 1 saturated heterocycles. The van der Waals surface area contributed by atoms with Crippen LogP contribution < -0.4 is 5.32 Å². The zero-order chi connectivity index (χ0) is 17.9. The molecule has 6 heteroatoms. The molecule has 1 heterocycles. The third-order valence-corrected chi connectivity index (χ3v) is 3.96. The summed E-state index contributed by atoms with van der Waals surface area (Å²) in [6, 6.07) is 7.63. The summed E-state index contributed by atoms with van der Waals surface area (Å²) in [6.45, 7) is 7.28. The second-order valence-corrected chi connectivity index (χ2v) is 6.05. The van der Waals surface area contributed by atoms with Crippen LogP contribution in [0.4, 0.5) is 5.69 Å². The largest absolute Gasteiger partial charge is 0.379 e. The lowest BCUT2D eigenvalue weighted by Gasteiger charge is -2.16. The minimum absolute atomic E-state index is 0.118. The maximum atomic E-state index is 12.2. The minimum Gasteiger partial charge on any atom is -0.379 e. The lowest BCUT2D eigenvalue weighted by molar-refractivity contribution is -0.128. The molecule has 1 aliphatic rings. The number of benzene rings is 1. The van der Waals surface area contributed by atoms with Crippen LogP contribution in [0, 0.1) is 0 Å². The zero-order valence-electron chi connectivity index (χ0n) is 15.2. The van der Waals surface area contributed by atoms with Crippen LogP contribution in [0.25, 0.3) is 0 Å². The highest BCUT2D eigenvalue weighted by molar-refractivity contribution is 5.93. The number of nitrogens with one attached hydrogen (secondary N) is 1. The minimum atomic E-state index is -0.518. The Labute approximate surface area is 149 Å². The van der Waals surface area contributed by atoms with Crippen molar-refractivity contribution >= 4 is 11.6 Å². The van der Waals surface area contributed by atoms with Gasteiger partial charge in [0, 0.05) is 18.9 Å². The van der Waals surface area contributed by atoms with Gasteiger partial charge in [0.05, 0.1) is 32.5 Å². The van der Waals surface area contributed by atoms with E-state index in [9.17, 15) is 4.79 Å². The summed E-state index contributed by atoms with van der Waals surface area (Å²) in [6.07, 6.45) is 1.66. The van der Waals surface area contributed by atoms with Gasteiger partial charge in [-0.2, -0.15) is 0 Å². The van der Waals surface area contributed by atoms with Crippen molar-refractivity contribution in [1.29, 1.82) is 0 Å². The zero-order valence-corrected chi connectivity index (χ0v) is 15.2. The van der Waals surface area contributed by atoms with Crippen LogP contribution >= 0.6 is 0 Å². The Morgan fingerprint density at radius 1 is 1.36 bits per heavy atom. The lowest BCUT2D eigenvalue weighted by Crippen LogP contribution is -2.30. The first kappa shape index (κ1) is 19.8. The molecular weight excluding hydrogens is 322 g/mol. The summed E-state index contributed by atoms with van der Waals surface area (Å²) in [5.41, 5.74) is 1.74. The van der Waals surface area contributed by atoms with Gasteiger partial charge in [-0.1, -0.05) is 12.1 Å². The Morgan fingerprint density at radius 2 is 2.20 bits per heavy atom. The van der Waals surface area contributed by atoms with E-state index in [-0.39, 0.29) is 12.0 Å². The van der Waals surface area contributed by atoms with Crippen LogP contribution in [-0.4, -0.2) is 51.1 Å². The monoisotopic (exact) mass is 351 g/mol. The summed E-state index contributed by atoms with van der Waals surface area (Å²) in [4.78, 5) is 12.2. The van der Waals surface area contributed by atoms with Crippen LogP contribution in [0.2, 0.25) is 0 Å². The van der Waals surface area contributed by atoms with Gasteiger partial charge >= 0.3 is 0 Å². The summed E-state index contributed by atoms with van der Waals surface area (Å²) in [7, 11) is 0. The van der Waals surface area contributed by atoms with Crippen LogP contribution in [0.15, 0.2) is 24.3 Å². The lowest BCUT2D eigenvalue weighted by atomic mass is 10.2. The first-order valence-corrected chi connectivity index (χ1v) is 8.97. The molecule has 1 aromatic rings. The van der Waals surface area contributed by atoms with E-state index in [1.54, 1.807) is 6.92 Å². The van der Waals surface area contributed by atoms with E-state index in [4.69, 9.17) is 18.9 Å². The number of rotatable bonds is 11. The summed E-state index contributed by atoms with van der Waals surface area (Å²) in [5, 5.41) is 2.88. The Balaban J connectivity index is 1.72. The van der Waals surface area contributed by atoms with Gasteiger partial charge in [0.1, 0.15) is 6.10 Å². The summed E-state index contributed by atoms with van der Waals surface area (Å²) < 4.78 is 21.9. The van der Waals surface area contributed by atoms with Crippen molar-refractivity contribution in [2.45, 2.75) is 45.5 Å². The molecule has 6 nitrogen and oxygen atoms in total. The van der Waals surface area contributed by atoms with Crippen molar-refractivity contribution in [2.75, 3.05) is 38.4 Å². The average Bonchev–Trinajstić information content (AvgIpc) is 3.13. The molecule has 140 valence electrons. The van der Waals surface area contributed by atoms with Gasteiger partial charge in [-0.3, -0.25) is 4.79 Å². The van der Waals surface area contributed by atoms with E-state index in [2.05, 4.69) is 5.32 Å². The average molecular weight is 351 g/mol. The number of anilines is 1. The number of amides is 1. The normalized spacial score (nSPS) is 18.2. The maximum Gasteiger partial charge on any atom is 0.253 e. The second kappa shape index (κ2) is 11.2. The summed E-state index contributed by atoms with van der Waals surface area (Å²) >= 11 is 0. The molecule has 0 spiro atoms. The molecule has 1 aliphatic heterocycles. The smallest absolute Gasteiger partial charge is 0.253 e. The van der Waals surface area contributed by atoms with E-state index in [0.717, 1.165) is 30.7 Å². The van der Waals surface area contributed by atoms with E-state index in [0.29, 0.717) is 33.0 Å². The van der Waals surface area contributed by atoms with Gasteiger partial charge in [0.15, 0.2) is 0 Å². The number of ether oxygens (including phenoxy) is 4. The van der Waals surface area contributed by atoms with E-state index < -0.39 is 6.10 Å². The predicted octanol–water partition coefficient (Wildman–Crippen LogP) is 2.76. The first-order chi connectivity index (χ1) is 12.2. The predicted molar refractivity (Wildman–Crippen MR) is 95.6 cm³/mol. The Bertz CT molecular complexity index is 516. The molecule has 0 aliphatic carbocycles. The van der Waals surface area contributed by atoms with Gasteiger partial charge in [-0.15, -0.1) is 0 Å². The molecule has 0 radical (unpaired) electrons. The van der Waals surface area contributed by atoms with Crippen LogP contribution in [0.1, 0.15) is 32.3 Å². The van der Waals surface area contributed by atoms with Crippen LogP contribution in [-0.2, 0) is 30.3 Å². The molecule has 1 N–H and O–H groups in total. The molecule has 0 bridgehead atoms. The van der Waals surface area contributed by atoms with Gasteiger partial charge in [-0.25, -0.2) is 0 Å². The van der Waals surface area contributed by atoms with E-state index in [1.165, 1.54) is 0 Å². The molecular formula is C19H29NO5. The van der Waals surface area contributed by atoms with E-state index in [1.807, 2.05) is 31.2 Å². The van der Waals surface area contributed by atoms with Crippen molar-refractivity contribution in [2.24, 2.45) is 0 Å². The van der Waals surface area contributed by atoms with Crippen molar-refractivity contribution in [3.05, 3.63) is 29.8 Å².